The van der Waals surface area contributed by atoms with Crippen molar-refractivity contribution in [2.24, 2.45) is 11.0 Å². The van der Waals surface area contributed by atoms with Gasteiger partial charge in [0.15, 0.2) is 0 Å². The zero-order chi connectivity index (χ0) is 25.3. The van der Waals surface area contributed by atoms with Crippen LogP contribution in [0.15, 0.2) is 47.6 Å². The molecule has 1 aliphatic heterocycles. The van der Waals surface area contributed by atoms with E-state index in [0.717, 1.165) is 42.8 Å². The van der Waals surface area contributed by atoms with Crippen LogP contribution in [0.2, 0.25) is 15.1 Å². The van der Waals surface area contributed by atoms with E-state index >= 15 is 0 Å². The summed E-state index contributed by atoms with van der Waals surface area (Å²) in [5, 5.41) is 9.30. The minimum Gasteiger partial charge on any atom is -0.263 e. The summed E-state index contributed by atoms with van der Waals surface area (Å²) in [6.07, 6.45) is 4.10. The van der Waals surface area contributed by atoms with Gasteiger partial charge in [-0.2, -0.15) is 10.5 Å². The summed E-state index contributed by atoms with van der Waals surface area (Å²) in [6.45, 7) is 9.11. The number of carbonyl (C=O) groups is 1. The van der Waals surface area contributed by atoms with Crippen molar-refractivity contribution in [2.45, 2.75) is 59.4 Å². The average molecular weight is 527 g/mol. The van der Waals surface area contributed by atoms with E-state index in [1.807, 2.05) is 56.2 Å². The van der Waals surface area contributed by atoms with Gasteiger partial charge in [0.1, 0.15) is 5.71 Å². The van der Waals surface area contributed by atoms with E-state index in [2.05, 4.69) is 19.3 Å². The number of quaternary nitrogens is 1. The van der Waals surface area contributed by atoms with Crippen molar-refractivity contribution in [2.75, 3.05) is 18.6 Å². The molecule has 0 radical (unpaired) electrons. The Kier molecular flexibility index (Phi) is 11.7. The number of carbonyl (C=O) groups excluding carboxylic acids is 1. The molecule has 0 spiro atoms. The zero-order valence-electron chi connectivity index (χ0n) is 20.7. The van der Waals surface area contributed by atoms with Gasteiger partial charge in [-0.3, -0.25) is 9.80 Å². The predicted molar refractivity (Wildman–Crippen MR) is 145 cm³/mol. The molecule has 0 bridgehead atoms. The van der Waals surface area contributed by atoms with Gasteiger partial charge in [-0.1, -0.05) is 81.1 Å². The summed E-state index contributed by atoms with van der Waals surface area (Å²) in [6, 6.07) is 12.8. The fraction of sp³-hybridized carbons (Fsp3) is 0.462. The Bertz CT molecular complexity index is 965. The molecule has 2 aromatic carbocycles. The Morgan fingerprint density at radius 1 is 1.03 bits per heavy atom. The average Bonchev–Trinajstić information content (AvgIpc) is 3.20. The number of halogens is 3. The fourth-order valence-corrected chi connectivity index (χ4v) is 4.69. The van der Waals surface area contributed by atoms with E-state index < -0.39 is 0 Å². The highest BCUT2D eigenvalue weighted by Crippen LogP contribution is 2.43. The van der Waals surface area contributed by atoms with E-state index in [9.17, 15) is 4.79 Å². The molecule has 0 saturated heterocycles. The molecule has 0 aliphatic carbocycles. The van der Waals surface area contributed by atoms with E-state index in [1.54, 1.807) is 12.1 Å². The number of amides is 1. The third-order valence-electron chi connectivity index (χ3n) is 5.73. The molecule has 1 amide bonds. The van der Waals surface area contributed by atoms with Crippen LogP contribution >= 0.6 is 34.8 Å². The van der Waals surface area contributed by atoms with E-state index in [1.165, 1.54) is 0 Å². The van der Waals surface area contributed by atoms with Crippen molar-refractivity contribution in [3.63, 3.8) is 0 Å². The number of unbranched alkanes of at least 4 members (excludes halogenated alkanes) is 2. The first kappa shape index (κ1) is 28.4. The zero-order valence-corrected chi connectivity index (χ0v) is 22.9. The molecule has 3 rings (SSSR count). The number of benzene rings is 2. The van der Waals surface area contributed by atoms with Crippen molar-refractivity contribution in [3.05, 3.63) is 63.1 Å². The molecule has 186 valence electrons. The summed E-state index contributed by atoms with van der Waals surface area (Å²) in [5.74, 6) is -0.260. The second kappa shape index (κ2) is 13.9. The molecule has 2 unspecified atom stereocenters. The molecule has 0 aromatic heterocycles. The van der Waals surface area contributed by atoms with Gasteiger partial charge in [0.2, 0.25) is 0 Å². The highest BCUT2D eigenvalue weighted by Gasteiger charge is 2.42. The number of anilines is 1. The first-order valence-corrected chi connectivity index (χ1v) is 13.2. The molecule has 1 aliphatic rings. The SMILES string of the molecule is CC.CCCCC[NH+](C)NC(=O)C1=NN(c2ccc(Cl)cc2Cl)C(c2ccc(Cl)cc2)[C@@H]1CC. The number of rotatable bonds is 9. The second-order valence-corrected chi connectivity index (χ2v) is 9.41. The molecule has 2 N–H and O–H groups in total. The molecule has 34 heavy (non-hydrogen) atoms. The number of nitrogens with one attached hydrogen (secondary N) is 2. The van der Waals surface area contributed by atoms with Gasteiger partial charge in [-0.05, 0) is 55.2 Å². The van der Waals surface area contributed by atoms with Crippen molar-refractivity contribution in [3.8, 4) is 0 Å². The van der Waals surface area contributed by atoms with Crippen LogP contribution in [0.4, 0.5) is 5.69 Å². The minimum atomic E-state index is -0.183. The lowest BCUT2D eigenvalue weighted by Crippen LogP contribution is -3.16. The monoisotopic (exact) mass is 525 g/mol. The lowest BCUT2D eigenvalue weighted by molar-refractivity contribution is -0.916. The predicted octanol–water partition coefficient (Wildman–Crippen LogP) is 6.35. The highest BCUT2D eigenvalue weighted by atomic mass is 35.5. The van der Waals surface area contributed by atoms with E-state index in [-0.39, 0.29) is 17.9 Å². The van der Waals surface area contributed by atoms with Gasteiger partial charge in [-0.25, -0.2) is 5.01 Å². The Morgan fingerprint density at radius 2 is 1.68 bits per heavy atom. The van der Waals surface area contributed by atoms with Gasteiger partial charge in [0, 0.05) is 16.0 Å². The summed E-state index contributed by atoms with van der Waals surface area (Å²) in [4.78, 5) is 13.2. The third-order valence-corrected chi connectivity index (χ3v) is 6.52. The van der Waals surface area contributed by atoms with Crippen molar-refractivity contribution >= 4 is 52.1 Å². The number of nitrogens with zero attached hydrogens (tertiary/aromatic N) is 2. The second-order valence-electron chi connectivity index (χ2n) is 8.13. The van der Waals surface area contributed by atoms with Gasteiger partial charge in [-0.15, -0.1) is 0 Å². The van der Waals surface area contributed by atoms with Gasteiger partial charge >= 0.3 is 5.91 Å². The Labute approximate surface area is 219 Å². The maximum atomic E-state index is 13.2. The molecule has 0 saturated carbocycles. The Balaban J connectivity index is 0.00000199. The molecule has 1 heterocycles. The number of hydrogen-bond donors (Lipinski definition) is 2. The summed E-state index contributed by atoms with van der Waals surface area (Å²) in [5.41, 5.74) is 5.30. The smallest absolute Gasteiger partial charge is 0.263 e. The first-order chi connectivity index (χ1) is 16.3. The van der Waals surface area contributed by atoms with Crippen LogP contribution < -0.4 is 15.4 Å². The van der Waals surface area contributed by atoms with Crippen LogP contribution in [0.1, 0.15) is 65.0 Å². The quantitative estimate of drug-likeness (QED) is 0.295. The van der Waals surface area contributed by atoms with Crippen LogP contribution in [0, 0.1) is 5.92 Å². The number of hydrogen-bond acceptors (Lipinski definition) is 3. The Hall–Kier alpha value is -1.79. The van der Waals surface area contributed by atoms with Crippen molar-refractivity contribution in [1.82, 2.24) is 5.43 Å². The first-order valence-electron chi connectivity index (χ1n) is 12.1. The van der Waals surface area contributed by atoms with Crippen molar-refractivity contribution in [1.29, 1.82) is 0 Å². The van der Waals surface area contributed by atoms with Crippen LogP contribution in [-0.4, -0.2) is 25.2 Å². The van der Waals surface area contributed by atoms with E-state index in [0.29, 0.717) is 26.5 Å². The summed E-state index contributed by atoms with van der Waals surface area (Å²) >= 11 is 18.8. The van der Waals surface area contributed by atoms with Gasteiger partial charge < -0.3 is 0 Å². The minimum absolute atomic E-state index is 0.105. The van der Waals surface area contributed by atoms with Gasteiger partial charge in [0.25, 0.3) is 0 Å². The molecule has 0 fully saturated rings. The Morgan fingerprint density at radius 3 is 2.26 bits per heavy atom. The standard InChI is InChI=1S/C24H29Cl3N4O.C2H6/c1-4-6-7-14-30(3)29-24(32)22-19(5-2)23(16-8-10-17(25)11-9-16)31(28-22)21-13-12-18(26)15-20(21)27;1-2/h8-13,15,19,23H,4-7,14H2,1-3H3,(H,29,32);1-2H3/p+1/t19-,23?;/m1./s1. The van der Waals surface area contributed by atoms with Crippen LogP contribution in [-0.2, 0) is 4.79 Å². The third kappa shape index (κ3) is 7.11. The van der Waals surface area contributed by atoms with Gasteiger partial charge in [0.05, 0.1) is 30.3 Å². The maximum Gasteiger partial charge on any atom is 0.312 e. The number of hydrazone groups is 1. The fourth-order valence-electron chi connectivity index (χ4n) is 4.07. The molecule has 3 atom stereocenters. The lowest BCUT2D eigenvalue weighted by atomic mass is 9.87. The molecular weight excluding hydrogens is 491 g/mol. The van der Waals surface area contributed by atoms with Crippen LogP contribution in [0.5, 0.6) is 0 Å². The molecule has 5 nitrogen and oxygen atoms in total. The maximum absolute atomic E-state index is 13.2. The normalized spacial score (nSPS) is 18.1. The van der Waals surface area contributed by atoms with Crippen molar-refractivity contribution < 1.29 is 9.80 Å². The topological polar surface area (TPSA) is 49.1 Å². The summed E-state index contributed by atoms with van der Waals surface area (Å²) in [7, 11) is 1.97. The molecule has 8 heteroatoms. The summed E-state index contributed by atoms with van der Waals surface area (Å²) < 4.78 is 0. The highest BCUT2D eigenvalue weighted by molar-refractivity contribution is 6.40. The largest absolute Gasteiger partial charge is 0.312 e. The molecule has 2 aromatic rings. The molecular formula is C26H36Cl3N4O+. The van der Waals surface area contributed by atoms with Crippen LogP contribution in [0.25, 0.3) is 0 Å². The van der Waals surface area contributed by atoms with E-state index in [4.69, 9.17) is 39.9 Å². The van der Waals surface area contributed by atoms with Crippen LogP contribution in [0.3, 0.4) is 0 Å². The lowest BCUT2D eigenvalue weighted by Gasteiger charge is -2.28.